The predicted octanol–water partition coefficient (Wildman–Crippen LogP) is 0.669. The molecule has 1 aliphatic rings. The fourth-order valence-electron chi connectivity index (χ4n) is 2.42. The number of rotatable bonds is 4. The molecule has 1 saturated heterocycles. The van der Waals surface area contributed by atoms with E-state index in [0.29, 0.717) is 32.6 Å². The van der Waals surface area contributed by atoms with Crippen molar-refractivity contribution in [2.75, 3.05) is 46.9 Å². The van der Waals surface area contributed by atoms with Crippen molar-refractivity contribution in [3.05, 3.63) is 17.5 Å². The van der Waals surface area contributed by atoms with E-state index < -0.39 is 16.1 Å². The number of amides is 2. The Labute approximate surface area is 145 Å². The van der Waals surface area contributed by atoms with Crippen LogP contribution in [0.1, 0.15) is 6.42 Å². The van der Waals surface area contributed by atoms with Crippen LogP contribution in [0.5, 0.6) is 0 Å². The van der Waals surface area contributed by atoms with Crippen LogP contribution in [-0.2, 0) is 19.6 Å². The number of hydrogen-bond acceptors (Lipinski definition) is 6. The predicted molar refractivity (Wildman–Crippen MR) is 89.3 cm³/mol. The number of ether oxygens (including phenoxy) is 1. The number of sulfonamides is 1. The standard InChI is InChI=1S/C14H21N3O5S2/c1-15(24(20,21)13-5-3-10-23-13)11-12(18)16-6-4-7-17(9-8-16)14(19)22-2/h3,5,10H,4,6-9,11H2,1-2H3. The zero-order valence-corrected chi connectivity index (χ0v) is 15.3. The molecule has 24 heavy (non-hydrogen) atoms. The molecule has 0 radical (unpaired) electrons. The first-order valence-electron chi connectivity index (χ1n) is 7.46. The van der Waals surface area contributed by atoms with Gasteiger partial charge in [0.2, 0.25) is 5.91 Å². The lowest BCUT2D eigenvalue weighted by molar-refractivity contribution is -0.131. The normalized spacial score (nSPS) is 16.1. The molecule has 2 rings (SSSR count). The summed E-state index contributed by atoms with van der Waals surface area (Å²) in [6.07, 6.45) is 0.212. The highest BCUT2D eigenvalue weighted by Crippen LogP contribution is 2.19. The third-order valence-electron chi connectivity index (χ3n) is 3.80. The average Bonchev–Trinajstić information content (AvgIpc) is 2.99. The number of carbonyl (C=O) groups is 2. The summed E-state index contributed by atoms with van der Waals surface area (Å²) in [5, 5.41) is 1.68. The molecular weight excluding hydrogens is 354 g/mol. The van der Waals surface area contributed by atoms with Crippen molar-refractivity contribution < 1.29 is 22.7 Å². The Morgan fingerprint density at radius 3 is 2.54 bits per heavy atom. The van der Waals surface area contributed by atoms with Crippen molar-refractivity contribution in [2.24, 2.45) is 0 Å². The molecule has 10 heteroatoms. The van der Waals surface area contributed by atoms with Gasteiger partial charge in [-0.2, -0.15) is 4.31 Å². The minimum atomic E-state index is -3.65. The van der Waals surface area contributed by atoms with Gasteiger partial charge in [0, 0.05) is 33.2 Å². The average molecular weight is 375 g/mol. The van der Waals surface area contributed by atoms with Gasteiger partial charge in [-0.3, -0.25) is 4.79 Å². The van der Waals surface area contributed by atoms with Crippen molar-refractivity contribution in [2.45, 2.75) is 10.6 Å². The van der Waals surface area contributed by atoms with E-state index in [2.05, 4.69) is 4.74 Å². The van der Waals surface area contributed by atoms with E-state index in [4.69, 9.17) is 0 Å². The lowest BCUT2D eigenvalue weighted by atomic mass is 10.4. The summed E-state index contributed by atoms with van der Waals surface area (Å²) in [6, 6.07) is 3.17. The first-order chi connectivity index (χ1) is 11.4. The van der Waals surface area contributed by atoms with Crippen molar-refractivity contribution in [3.63, 3.8) is 0 Å². The molecule has 0 bridgehead atoms. The van der Waals surface area contributed by atoms with Gasteiger partial charge in [0.05, 0.1) is 13.7 Å². The maximum Gasteiger partial charge on any atom is 0.409 e. The minimum Gasteiger partial charge on any atom is -0.453 e. The summed E-state index contributed by atoms with van der Waals surface area (Å²) >= 11 is 1.12. The van der Waals surface area contributed by atoms with Crippen LogP contribution < -0.4 is 0 Å². The van der Waals surface area contributed by atoms with E-state index in [1.165, 1.54) is 20.2 Å². The molecule has 0 spiro atoms. The molecule has 2 heterocycles. The molecule has 134 valence electrons. The zero-order chi connectivity index (χ0) is 17.7. The molecular formula is C14H21N3O5S2. The molecule has 0 aromatic carbocycles. The van der Waals surface area contributed by atoms with Gasteiger partial charge in [-0.25, -0.2) is 13.2 Å². The summed E-state index contributed by atoms with van der Waals surface area (Å²) in [4.78, 5) is 27.1. The van der Waals surface area contributed by atoms with Gasteiger partial charge in [0.25, 0.3) is 10.0 Å². The number of likely N-dealkylation sites (N-methyl/N-ethyl adjacent to an activating group) is 1. The summed E-state index contributed by atoms with van der Waals surface area (Å²) in [7, 11) is -0.932. The Morgan fingerprint density at radius 1 is 1.25 bits per heavy atom. The van der Waals surface area contributed by atoms with Crippen molar-refractivity contribution >= 4 is 33.4 Å². The molecule has 8 nitrogen and oxygen atoms in total. The molecule has 0 aliphatic carbocycles. The minimum absolute atomic E-state index is 0.213. The zero-order valence-electron chi connectivity index (χ0n) is 13.7. The second-order valence-corrected chi connectivity index (χ2v) is 8.60. The SMILES string of the molecule is COC(=O)N1CCCN(C(=O)CN(C)S(=O)(=O)c2cccs2)CC1. The Morgan fingerprint density at radius 2 is 1.92 bits per heavy atom. The Balaban J connectivity index is 1.96. The van der Waals surface area contributed by atoms with Crippen LogP contribution in [-0.4, -0.2) is 81.4 Å². The Bertz CT molecular complexity index is 675. The Hall–Kier alpha value is -1.65. The monoisotopic (exact) mass is 375 g/mol. The van der Waals surface area contributed by atoms with E-state index in [9.17, 15) is 18.0 Å². The topological polar surface area (TPSA) is 87.2 Å². The molecule has 0 atom stereocenters. The van der Waals surface area contributed by atoms with Gasteiger partial charge in [-0.05, 0) is 17.9 Å². The summed E-state index contributed by atoms with van der Waals surface area (Å²) in [6.45, 7) is 1.51. The van der Waals surface area contributed by atoms with Crippen molar-refractivity contribution in [1.29, 1.82) is 0 Å². The fraction of sp³-hybridized carbons (Fsp3) is 0.571. The maximum atomic E-state index is 12.4. The van der Waals surface area contributed by atoms with E-state index >= 15 is 0 Å². The van der Waals surface area contributed by atoms with Gasteiger partial charge in [0.1, 0.15) is 4.21 Å². The molecule has 0 unspecified atom stereocenters. The van der Waals surface area contributed by atoms with Crippen LogP contribution in [0.25, 0.3) is 0 Å². The van der Waals surface area contributed by atoms with Crippen LogP contribution in [0.3, 0.4) is 0 Å². The molecule has 1 fully saturated rings. The number of hydrogen-bond donors (Lipinski definition) is 0. The fourth-order valence-corrected chi connectivity index (χ4v) is 4.74. The van der Waals surface area contributed by atoms with Gasteiger partial charge in [0.15, 0.2) is 0 Å². The maximum absolute atomic E-state index is 12.4. The van der Waals surface area contributed by atoms with Gasteiger partial charge >= 0.3 is 6.09 Å². The second kappa shape index (κ2) is 7.95. The van der Waals surface area contributed by atoms with Gasteiger partial charge in [-0.1, -0.05) is 6.07 Å². The van der Waals surface area contributed by atoms with Crippen LogP contribution in [0.15, 0.2) is 21.7 Å². The van der Waals surface area contributed by atoms with Crippen LogP contribution in [0.2, 0.25) is 0 Å². The lowest BCUT2D eigenvalue weighted by Crippen LogP contribution is -2.43. The Kier molecular flexibility index (Phi) is 6.19. The van der Waals surface area contributed by atoms with E-state index in [-0.39, 0.29) is 16.7 Å². The third-order valence-corrected chi connectivity index (χ3v) is 6.98. The van der Waals surface area contributed by atoms with Crippen molar-refractivity contribution in [1.82, 2.24) is 14.1 Å². The largest absolute Gasteiger partial charge is 0.453 e. The number of nitrogens with zero attached hydrogens (tertiary/aromatic N) is 3. The van der Waals surface area contributed by atoms with Gasteiger partial charge in [-0.15, -0.1) is 11.3 Å². The second-order valence-electron chi connectivity index (χ2n) is 5.38. The van der Waals surface area contributed by atoms with Crippen LogP contribution in [0.4, 0.5) is 4.79 Å². The summed E-state index contributed by atoms with van der Waals surface area (Å²) in [5.74, 6) is -0.274. The molecule has 1 aromatic rings. The number of methoxy groups -OCH3 is 1. The first-order valence-corrected chi connectivity index (χ1v) is 9.78. The quantitative estimate of drug-likeness (QED) is 0.772. The van der Waals surface area contributed by atoms with E-state index in [1.54, 1.807) is 21.2 Å². The highest BCUT2D eigenvalue weighted by atomic mass is 32.2. The van der Waals surface area contributed by atoms with Crippen LogP contribution in [0, 0.1) is 0 Å². The highest BCUT2D eigenvalue weighted by Gasteiger charge is 2.27. The molecule has 2 amide bonds. The highest BCUT2D eigenvalue weighted by molar-refractivity contribution is 7.91. The van der Waals surface area contributed by atoms with Crippen LogP contribution >= 0.6 is 11.3 Å². The van der Waals surface area contributed by atoms with Crippen molar-refractivity contribution in [3.8, 4) is 0 Å². The lowest BCUT2D eigenvalue weighted by Gasteiger charge is -2.24. The van der Waals surface area contributed by atoms with E-state index in [0.717, 1.165) is 15.6 Å². The molecule has 0 N–H and O–H groups in total. The summed E-state index contributed by atoms with van der Waals surface area (Å²) in [5.41, 5.74) is 0. The van der Waals surface area contributed by atoms with E-state index in [1.807, 2.05) is 0 Å². The summed E-state index contributed by atoms with van der Waals surface area (Å²) < 4.78 is 30.7. The molecule has 0 saturated carbocycles. The third kappa shape index (κ3) is 4.25. The number of carbonyl (C=O) groups excluding carboxylic acids is 2. The molecule has 1 aromatic heterocycles. The van der Waals surface area contributed by atoms with Gasteiger partial charge < -0.3 is 14.5 Å². The number of thiophene rings is 1. The smallest absolute Gasteiger partial charge is 0.409 e. The first kappa shape index (κ1) is 18.7. The molecule has 1 aliphatic heterocycles.